The molecule has 1 N–H and O–H groups in total. The number of aromatic nitrogens is 3. The number of pyridine rings is 1. The summed E-state index contributed by atoms with van der Waals surface area (Å²) in [6.07, 6.45) is -4.20. The number of ether oxygens (including phenoxy) is 1. The van der Waals surface area contributed by atoms with Crippen molar-refractivity contribution in [2.75, 3.05) is 7.11 Å². The van der Waals surface area contributed by atoms with E-state index >= 15 is 0 Å². The number of aryl methyl sites for hydroxylation is 2. The van der Waals surface area contributed by atoms with Gasteiger partial charge in [0.05, 0.1) is 18.4 Å². The van der Waals surface area contributed by atoms with Gasteiger partial charge in [0.1, 0.15) is 5.69 Å². The molecule has 1 aliphatic rings. The van der Waals surface area contributed by atoms with E-state index in [-0.39, 0.29) is 6.42 Å². The number of carbonyl (C=O) groups is 1. The first kappa shape index (κ1) is 23.0. The highest BCUT2D eigenvalue weighted by atomic mass is 19.4. The number of halogens is 3. The summed E-state index contributed by atoms with van der Waals surface area (Å²) in [5.41, 5.74) is 0.949. The van der Waals surface area contributed by atoms with E-state index in [1.165, 1.54) is 11.8 Å². The maximum atomic E-state index is 13.9. The molecule has 2 heterocycles. The molecular formula is C24H24F3N3O3. The Balaban J connectivity index is 1.93. The highest BCUT2D eigenvalue weighted by Crippen LogP contribution is 2.47. The van der Waals surface area contributed by atoms with E-state index in [0.29, 0.717) is 28.2 Å². The van der Waals surface area contributed by atoms with E-state index in [4.69, 9.17) is 4.74 Å². The third kappa shape index (κ3) is 4.01. The van der Waals surface area contributed by atoms with Gasteiger partial charge in [0, 0.05) is 36.8 Å². The number of hydrogen-bond donors (Lipinski definition) is 1. The number of rotatable bonds is 3. The lowest BCUT2D eigenvalue weighted by molar-refractivity contribution is -0.262. The van der Waals surface area contributed by atoms with Crippen LogP contribution in [0.5, 0.6) is 0 Å². The Bertz CT molecular complexity index is 1190. The number of esters is 1. The summed E-state index contributed by atoms with van der Waals surface area (Å²) >= 11 is 0. The van der Waals surface area contributed by atoms with Crippen molar-refractivity contribution in [2.45, 2.75) is 43.9 Å². The summed E-state index contributed by atoms with van der Waals surface area (Å²) in [5, 5.41) is 15.2. The molecule has 9 heteroatoms. The van der Waals surface area contributed by atoms with Crippen molar-refractivity contribution < 1.29 is 27.8 Å². The zero-order valence-electron chi connectivity index (χ0n) is 18.5. The number of alkyl halides is 3. The van der Waals surface area contributed by atoms with Crippen molar-refractivity contribution >= 4 is 5.97 Å². The Kier molecular flexibility index (Phi) is 5.78. The summed E-state index contributed by atoms with van der Waals surface area (Å²) in [7, 11) is 2.87. The van der Waals surface area contributed by atoms with E-state index in [9.17, 15) is 23.1 Å². The van der Waals surface area contributed by atoms with Crippen LogP contribution >= 0.6 is 0 Å². The first-order chi connectivity index (χ1) is 15.6. The van der Waals surface area contributed by atoms with E-state index in [1.54, 1.807) is 56.6 Å². The number of carbonyl (C=O) groups excluding carboxylic acids is 1. The summed E-state index contributed by atoms with van der Waals surface area (Å²) < 4.78 is 47.9. The molecule has 2 atom stereocenters. The Morgan fingerprint density at radius 2 is 2.03 bits per heavy atom. The maximum absolute atomic E-state index is 13.9. The van der Waals surface area contributed by atoms with Gasteiger partial charge in [0.15, 0.2) is 5.60 Å². The average Bonchev–Trinajstić information content (AvgIpc) is 2.99. The minimum atomic E-state index is -4.79. The molecule has 1 aromatic carbocycles. The fourth-order valence-corrected chi connectivity index (χ4v) is 4.60. The predicted molar refractivity (Wildman–Crippen MR) is 115 cm³/mol. The van der Waals surface area contributed by atoms with Crippen LogP contribution in [-0.4, -0.2) is 44.7 Å². The third-order valence-electron chi connectivity index (χ3n) is 6.36. The largest absolute Gasteiger partial charge is 0.465 e. The van der Waals surface area contributed by atoms with Crippen molar-refractivity contribution in [3.8, 4) is 11.4 Å². The molecule has 3 aromatic rings. The van der Waals surface area contributed by atoms with Gasteiger partial charge in [0.25, 0.3) is 0 Å². The Morgan fingerprint density at radius 1 is 1.27 bits per heavy atom. The zero-order chi connectivity index (χ0) is 24.0. The number of nitrogens with zero attached hydrogens (tertiary/aromatic N) is 3. The molecule has 33 heavy (non-hydrogen) atoms. The van der Waals surface area contributed by atoms with Crippen LogP contribution in [0.1, 0.15) is 51.5 Å². The van der Waals surface area contributed by atoms with Crippen LogP contribution < -0.4 is 0 Å². The Labute approximate surface area is 189 Å². The van der Waals surface area contributed by atoms with Gasteiger partial charge in [-0.1, -0.05) is 12.1 Å². The van der Waals surface area contributed by atoms with E-state index < -0.39 is 36.5 Å². The summed E-state index contributed by atoms with van der Waals surface area (Å²) in [4.78, 5) is 16.3. The van der Waals surface area contributed by atoms with Crippen LogP contribution in [-0.2, 0) is 18.2 Å². The molecule has 0 saturated heterocycles. The standard InChI is InChI=1S/C24H24F3N3O3/c1-14-12-15(22(31)33-3)7-8-16(14)17-9-10-23(32,24(25,26)27)13-19-20(17)21(29-30(19)2)18-6-4-5-11-28-18/h4-8,11-12,17,32H,9-10,13H2,1-3H3. The molecule has 0 saturated carbocycles. The number of methoxy groups -OCH3 is 1. The van der Waals surface area contributed by atoms with Gasteiger partial charge in [-0.3, -0.25) is 9.67 Å². The SMILES string of the molecule is COC(=O)c1ccc(C2CCC(O)(C(F)(F)F)Cc3c2c(-c2ccccn2)nn3C)c(C)c1. The Hall–Kier alpha value is -3.20. The first-order valence-electron chi connectivity index (χ1n) is 10.5. The van der Waals surface area contributed by atoms with Gasteiger partial charge >= 0.3 is 12.1 Å². The van der Waals surface area contributed by atoms with Gasteiger partial charge in [-0.05, 0) is 55.2 Å². The second-order valence-electron chi connectivity index (χ2n) is 8.41. The molecule has 4 rings (SSSR count). The van der Waals surface area contributed by atoms with Crippen molar-refractivity contribution in [1.82, 2.24) is 14.8 Å². The topological polar surface area (TPSA) is 77.2 Å². The van der Waals surface area contributed by atoms with E-state index in [1.807, 2.05) is 0 Å². The summed E-state index contributed by atoms with van der Waals surface area (Å²) in [6.45, 7) is 1.80. The van der Waals surface area contributed by atoms with Gasteiger partial charge < -0.3 is 9.84 Å². The molecule has 174 valence electrons. The molecule has 0 amide bonds. The molecule has 0 bridgehead atoms. The van der Waals surface area contributed by atoms with Crippen LogP contribution in [0.25, 0.3) is 11.4 Å². The predicted octanol–water partition coefficient (Wildman–Crippen LogP) is 4.34. The molecule has 0 spiro atoms. The summed E-state index contributed by atoms with van der Waals surface area (Å²) in [5.74, 6) is -0.970. The van der Waals surface area contributed by atoms with Crippen LogP contribution in [0.2, 0.25) is 0 Å². The van der Waals surface area contributed by atoms with Crippen LogP contribution in [0.15, 0.2) is 42.6 Å². The lowest BCUT2D eigenvalue weighted by Crippen LogP contribution is -2.47. The minimum Gasteiger partial charge on any atom is -0.465 e. The van der Waals surface area contributed by atoms with Crippen LogP contribution in [0.3, 0.4) is 0 Å². The number of benzene rings is 1. The first-order valence-corrected chi connectivity index (χ1v) is 10.5. The van der Waals surface area contributed by atoms with Gasteiger partial charge in [0.2, 0.25) is 0 Å². The van der Waals surface area contributed by atoms with Crippen LogP contribution in [0, 0.1) is 6.92 Å². The van der Waals surface area contributed by atoms with Crippen molar-refractivity contribution in [3.63, 3.8) is 0 Å². The highest BCUT2D eigenvalue weighted by Gasteiger charge is 2.55. The second kappa shape index (κ2) is 8.30. The minimum absolute atomic E-state index is 0.0486. The smallest absolute Gasteiger partial charge is 0.417 e. The van der Waals surface area contributed by atoms with E-state index in [2.05, 4.69) is 10.1 Å². The lowest BCUT2D eigenvalue weighted by Gasteiger charge is -2.29. The molecule has 2 aromatic heterocycles. The summed E-state index contributed by atoms with van der Waals surface area (Å²) in [6, 6.07) is 10.3. The van der Waals surface area contributed by atoms with Crippen molar-refractivity contribution in [1.29, 1.82) is 0 Å². The average molecular weight is 459 g/mol. The number of fused-ring (bicyclic) bond motifs is 1. The molecule has 1 aliphatic carbocycles. The highest BCUT2D eigenvalue weighted by molar-refractivity contribution is 5.89. The van der Waals surface area contributed by atoms with Crippen molar-refractivity contribution in [3.05, 3.63) is 70.5 Å². The third-order valence-corrected chi connectivity index (χ3v) is 6.36. The zero-order valence-corrected chi connectivity index (χ0v) is 18.5. The molecule has 6 nitrogen and oxygen atoms in total. The molecule has 0 aliphatic heterocycles. The second-order valence-corrected chi connectivity index (χ2v) is 8.41. The fraction of sp³-hybridized carbons (Fsp3) is 0.375. The maximum Gasteiger partial charge on any atom is 0.417 e. The van der Waals surface area contributed by atoms with Gasteiger partial charge in [-0.25, -0.2) is 4.79 Å². The Morgan fingerprint density at radius 3 is 2.64 bits per heavy atom. The van der Waals surface area contributed by atoms with E-state index in [0.717, 1.165) is 11.1 Å². The van der Waals surface area contributed by atoms with Gasteiger partial charge in [-0.15, -0.1) is 0 Å². The normalized spacial score (nSPS) is 20.8. The molecule has 2 unspecified atom stereocenters. The number of hydrogen-bond acceptors (Lipinski definition) is 5. The quantitative estimate of drug-likeness (QED) is 0.466. The van der Waals surface area contributed by atoms with Crippen molar-refractivity contribution in [2.24, 2.45) is 7.05 Å². The molecule has 0 radical (unpaired) electrons. The molecule has 0 fully saturated rings. The fourth-order valence-electron chi connectivity index (χ4n) is 4.60. The molecular weight excluding hydrogens is 435 g/mol. The lowest BCUT2D eigenvalue weighted by atomic mass is 9.83. The number of aliphatic hydroxyl groups is 1. The van der Waals surface area contributed by atoms with Crippen LogP contribution in [0.4, 0.5) is 13.2 Å². The monoisotopic (exact) mass is 459 g/mol. The van der Waals surface area contributed by atoms with Gasteiger partial charge in [-0.2, -0.15) is 18.3 Å².